The number of hydrogen-bond donors (Lipinski definition) is 1. The number of ether oxygens (including phenoxy) is 1. The third-order valence-electron chi connectivity index (χ3n) is 5.25. The Balaban J connectivity index is 0.000000370. The van der Waals surface area contributed by atoms with Crippen molar-refractivity contribution in [1.29, 1.82) is 0 Å². The van der Waals surface area contributed by atoms with E-state index in [1.807, 2.05) is 11.8 Å². The molecule has 164 valence electrons. The number of alkyl halides is 3. The zero-order valence-corrected chi connectivity index (χ0v) is 16.6. The summed E-state index contributed by atoms with van der Waals surface area (Å²) in [5.74, 6) is -1.96. The minimum Gasteiger partial charge on any atom is -0.475 e. The van der Waals surface area contributed by atoms with E-state index in [9.17, 15) is 18.0 Å². The van der Waals surface area contributed by atoms with Crippen molar-refractivity contribution in [3.63, 3.8) is 0 Å². The number of carbonyl (C=O) groups is 2. The van der Waals surface area contributed by atoms with Crippen LogP contribution >= 0.6 is 0 Å². The zero-order chi connectivity index (χ0) is 21.7. The Hall–Kier alpha value is -2.07. The molecule has 0 bridgehead atoms. The molecule has 10 heteroatoms. The van der Waals surface area contributed by atoms with E-state index in [4.69, 9.17) is 19.1 Å². The van der Waals surface area contributed by atoms with Crippen molar-refractivity contribution in [3.05, 3.63) is 23.7 Å². The Bertz CT molecular complexity index is 706. The molecule has 2 aliphatic heterocycles. The van der Waals surface area contributed by atoms with Gasteiger partial charge in [0.25, 0.3) is 5.91 Å². The number of rotatable bonds is 2. The first kappa shape index (κ1) is 23.2. The molecule has 3 heterocycles. The topological polar surface area (TPSA) is 83.2 Å². The predicted molar refractivity (Wildman–Crippen MR) is 97.6 cm³/mol. The molecule has 1 N–H and O–H groups in total. The minimum absolute atomic E-state index is 0.0814. The Morgan fingerprint density at radius 3 is 2.52 bits per heavy atom. The molecule has 0 aromatic carbocycles. The van der Waals surface area contributed by atoms with Crippen LogP contribution in [0.3, 0.4) is 0 Å². The minimum atomic E-state index is -5.08. The van der Waals surface area contributed by atoms with Gasteiger partial charge in [0.1, 0.15) is 5.76 Å². The molecule has 3 rings (SSSR count). The fraction of sp³-hybridized carbons (Fsp3) is 0.684. The van der Waals surface area contributed by atoms with Gasteiger partial charge in [-0.15, -0.1) is 0 Å². The van der Waals surface area contributed by atoms with Gasteiger partial charge >= 0.3 is 12.1 Å². The smallest absolute Gasteiger partial charge is 0.475 e. The van der Waals surface area contributed by atoms with Crippen LogP contribution in [0.25, 0.3) is 0 Å². The number of nitrogens with zero attached hydrogens (tertiary/aromatic N) is 2. The molecule has 1 aromatic heterocycles. The highest BCUT2D eigenvalue weighted by molar-refractivity contribution is 5.95. The Morgan fingerprint density at radius 1 is 1.28 bits per heavy atom. The largest absolute Gasteiger partial charge is 0.490 e. The highest BCUT2D eigenvalue weighted by Gasteiger charge is 2.40. The number of aryl methyl sites for hydroxylation is 1. The summed E-state index contributed by atoms with van der Waals surface area (Å²) in [5.41, 5.74) is 0.775. The number of likely N-dealkylation sites (tertiary alicyclic amines) is 1. The lowest BCUT2D eigenvalue weighted by Gasteiger charge is -2.43. The van der Waals surface area contributed by atoms with Gasteiger partial charge in [0.05, 0.1) is 25.0 Å². The third kappa shape index (κ3) is 6.20. The monoisotopic (exact) mass is 420 g/mol. The maximum absolute atomic E-state index is 12.8. The SMILES string of the molecule is CCN1CCOCC2(CCCN(C(=O)c3ccoc3C)C2)C1.O=C(O)C(F)(F)F. The van der Waals surface area contributed by atoms with Gasteiger partial charge in [-0.3, -0.25) is 4.79 Å². The van der Waals surface area contributed by atoms with E-state index >= 15 is 0 Å². The van der Waals surface area contributed by atoms with E-state index in [2.05, 4.69) is 11.8 Å². The van der Waals surface area contributed by atoms with Crippen LogP contribution in [0.15, 0.2) is 16.7 Å². The maximum atomic E-state index is 12.8. The van der Waals surface area contributed by atoms with E-state index in [0.29, 0.717) is 11.3 Å². The predicted octanol–water partition coefficient (Wildman–Crippen LogP) is 2.80. The normalized spacial score (nSPS) is 23.3. The maximum Gasteiger partial charge on any atom is 0.490 e. The molecule has 1 atom stereocenters. The number of carboxylic acid groups (broad SMARTS) is 1. The second-order valence-electron chi connectivity index (χ2n) is 7.44. The van der Waals surface area contributed by atoms with Gasteiger partial charge in [0.2, 0.25) is 0 Å². The van der Waals surface area contributed by atoms with Gasteiger partial charge in [-0.25, -0.2) is 4.79 Å². The molecular formula is C19H27F3N2O5. The van der Waals surface area contributed by atoms with Crippen LogP contribution in [0.1, 0.15) is 35.9 Å². The highest BCUT2D eigenvalue weighted by atomic mass is 19.4. The van der Waals surface area contributed by atoms with Crippen LogP contribution in [-0.2, 0) is 9.53 Å². The summed E-state index contributed by atoms with van der Waals surface area (Å²) < 4.78 is 42.9. The van der Waals surface area contributed by atoms with E-state index < -0.39 is 12.1 Å². The van der Waals surface area contributed by atoms with Crippen molar-refractivity contribution in [2.24, 2.45) is 5.41 Å². The molecule has 7 nitrogen and oxygen atoms in total. The molecule has 1 amide bonds. The lowest BCUT2D eigenvalue weighted by Crippen LogP contribution is -2.52. The number of halogens is 3. The molecule has 1 spiro atoms. The number of carbonyl (C=O) groups excluding carboxylic acids is 1. The first-order valence-electron chi connectivity index (χ1n) is 9.51. The number of hydrogen-bond acceptors (Lipinski definition) is 5. The van der Waals surface area contributed by atoms with Crippen LogP contribution in [-0.4, -0.2) is 78.9 Å². The van der Waals surface area contributed by atoms with Crippen LogP contribution in [0, 0.1) is 12.3 Å². The van der Waals surface area contributed by atoms with Crippen LogP contribution in [0.5, 0.6) is 0 Å². The molecular weight excluding hydrogens is 393 g/mol. The fourth-order valence-electron chi connectivity index (χ4n) is 3.76. The van der Waals surface area contributed by atoms with Crippen molar-refractivity contribution in [2.75, 3.05) is 45.9 Å². The second-order valence-corrected chi connectivity index (χ2v) is 7.44. The number of likely N-dealkylation sites (N-methyl/N-ethyl adjacent to an activating group) is 1. The van der Waals surface area contributed by atoms with Gasteiger partial charge in [-0.1, -0.05) is 6.92 Å². The Morgan fingerprint density at radius 2 is 1.97 bits per heavy atom. The summed E-state index contributed by atoms with van der Waals surface area (Å²) in [4.78, 5) is 26.1. The van der Waals surface area contributed by atoms with Crippen molar-refractivity contribution in [2.45, 2.75) is 32.9 Å². The van der Waals surface area contributed by atoms with Gasteiger partial charge < -0.3 is 24.1 Å². The molecule has 0 saturated carbocycles. The van der Waals surface area contributed by atoms with Crippen LogP contribution < -0.4 is 0 Å². The van der Waals surface area contributed by atoms with Crippen LogP contribution in [0.4, 0.5) is 13.2 Å². The molecule has 2 saturated heterocycles. The van der Waals surface area contributed by atoms with Gasteiger partial charge in [-0.05, 0) is 32.4 Å². The van der Waals surface area contributed by atoms with Crippen molar-refractivity contribution < 1.29 is 37.0 Å². The molecule has 0 aliphatic carbocycles. The Labute approximate surface area is 167 Å². The number of aliphatic carboxylic acids is 1. The molecule has 29 heavy (non-hydrogen) atoms. The summed E-state index contributed by atoms with van der Waals surface area (Å²) in [6.45, 7) is 10.3. The first-order chi connectivity index (χ1) is 13.6. The summed E-state index contributed by atoms with van der Waals surface area (Å²) in [5, 5.41) is 7.12. The summed E-state index contributed by atoms with van der Waals surface area (Å²) >= 11 is 0. The molecule has 1 unspecified atom stereocenters. The van der Waals surface area contributed by atoms with E-state index in [1.165, 1.54) is 0 Å². The lowest BCUT2D eigenvalue weighted by molar-refractivity contribution is -0.192. The van der Waals surface area contributed by atoms with Gasteiger partial charge in [0.15, 0.2) is 0 Å². The summed E-state index contributed by atoms with van der Waals surface area (Å²) in [7, 11) is 0. The number of piperidine rings is 1. The van der Waals surface area contributed by atoms with E-state index in [0.717, 1.165) is 58.8 Å². The van der Waals surface area contributed by atoms with E-state index in [1.54, 1.807) is 12.3 Å². The van der Waals surface area contributed by atoms with Crippen molar-refractivity contribution in [1.82, 2.24) is 9.80 Å². The molecule has 1 aromatic rings. The van der Waals surface area contributed by atoms with Gasteiger partial charge in [0, 0.05) is 31.6 Å². The standard InChI is InChI=1S/C17H26N2O3.C2HF3O2/c1-3-18-8-10-21-13-17(11-18)6-4-7-19(12-17)16(20)15-5-9-22-14(15)2;3-2(4,5)1(6)7/h5,9H,3-4,6-8,10-13H2,1-2H3;(H,6,7). The van der Waals surface area contributed by atoms with Crippen molar-refractivity contribution in [3.8, 4) is 0 Å². The zero-order valence-electron chi connectivity index (χ0n) is 16.6. The first-order valence-corrected chi connectivity index (χ1v) is 9.51. The number of amides is 1. The van der Waals surface area contributed by atoms with Crippen LogP contribution in [0.2, 0.25) is 0 Å². The fourth-order valence-corrected chi connectivity index (χ4v) is 3.76. The number of furan rings is 1. The molecule has 2 fully saturated rings. The highest BCUT2D eigenvalue weighted by Crippen LogP contribution is 2.33. The van der Waals surface area contributed by atoms with Gasteiger partial charge in [-0.2, -0.15) is 13.2 Å². The third-order valence-corrected chi connectivity index (χ3v) is 5.25. The lowest BCUT2D eigenvalue weighted by atomic mass is 9.80. The van der Waals surface area contributed by atoms with E-state index in [-0.39, 0.29) is 11.3 Å². The summed E-state index contributed by atoms with van der Waals surface area (Å²) in [6.07, 6.45) is -1.31. The summed E-state index contributed by atoms with van der Waals surface area (Å²) in [6, 6.07) is 1.78. The average Bonchev–Trinajstić information content (AvgIpc) is 2.99. The Kier molecular flexibility index (Phi) is 7.70. The number of carboxylic acids is 1. The van der Waals surface area contributed by atoms with Crippen molar-refractivity contribution >= 4 is 11.9 Å². The molecule has 0 radical (unpaired) electrons. The average molecular weight is 420 g/mol. The second kappa shape index (κ2) is 9.62. The quantitative estimate of drug-likeness (QED) is 0.792. The molecule has 2 aliphatic rings.